The van der Waals surface area contributed by atoms with E-state index in [1.807, 2.05) is 19.3 Å². The minimum absolute atomic E-state index is 0.270. The van der Waals surface area contributed by atoms with Gasteiger partial charge in [-0.3, -0.25) is 9.88 Å². The number of nitrogens with zero attached hydrogens (tertiary/aromatic N) is 3. The lowest BCUT2D eigenvalue weighted by molar-refractivity contribution is -0.193. The maximum absolute atomic E-state index is 10.6. The summed E-state index contributed by atoms with van der Waals surface area (Å²) in [6, 6.07) is 4.41. The highest BCUT2D eigenvalue weighted by Crippen LogP contribution is 2.26. The number of hydrogen-bond donors (Lipinski definition) is 2. The van der Waals surface area contributed by atoms with Gasteiger partial charge in [0.25, 0.3) is 0 Å². The van der Waals surface area contributed by atoms with Crippen LogP contribution in [0.3, 0.4) is 0 Å². The summed E-state index contributed by atoms with van der Waals surface area (Å²) < 4.78 is 69.1. The maximum atomic E-state index is 10.6. The summed E-state index contributed by atoms with van der Waals surface area (Å²) >= 11 is 1.70. The first-order chi connectivity index (χ1) is 15.2. The van der Waals surface area contributed by atoms with Gasteiger partial charge in [0, 0.05) is 30.9 Å². The van der Waals surface area contributed by atoms with E-state index in [9.17, 15) is 26.3 Å². The van der Waals surface area contributed by atoms with E-state index in [2.05, 4.69) is 32.4 Å². The fraction of sp³-hybridized carbons (Fsp3) is 0.444. The van der Waals surface area contributed by atoms with Crippen molar-refractivity contribution < 1.29 is 50.9 Å². The van der Waals surface area contributed by atoms with Gasteiger partial charge in [0.05, 0.1) is 30.0 Å². The predicted octanol–water partition coefficient (Wildman–Crippen LogP) is 3.69. The average Bonchev–Trinajstić information content (AvgIpc) is 3.15. The summed E-state index contributed by atoms with van der Waals surface area (Å²) in [4.78, 5) is 28.9. The van der Waals surface area contributed by atoms with Crippen LogP contribution in [-0.2, 0) is 20.9 Å². The fourth-order valence-corrected chi connectivity index (χ4v) is 3.01. The molecule has 0 bridgehead atoms. The number of carbonyl (C=O) groups is 2. The molecule has 1 atom stereocenters. The highest BCUT2D eigenvalue weighted by atomic mass is 32.1. The summed E-state index contributed by atoms with van der Waals surface area (Å²) in [7, 11) is 0. The standard InChI is InChI=1S/C14H17N3OS.2C2HF3O2/c1-11-16-13(10-19-11)14-9-18-7-6-17(14)8-12-2-4-15-5-3-12;2*3-2(4,5)1(6)7/h2-5,10,14H,6-9H2,1H3;2*(H,6,7). The molecule has 3 heterocycles. The number of pyridine rings is 1. The van der Waals surface area contributed by atoms with Crippen LogP contribution >= 0.6 is 11.3 Å². The van der Waals surface area contributed by atoms with E-state index in [-0.39, 0.29) is 6.04 Å². The van der Waals surface area contributed by atoms with E-state index in [0.29, 0.717) is 0 Å². The second-order valence-corrected chi connectivity index (χ2v) is 7.38. The van der Waals surface area contributed by atoms with E-state index in [1.165, 1.54) is 5.56 Å². The highest BCUT2D eigenvalue weighted by molar-refractivity contribution is 7.09. The van der Waals surface area contributed by atoms with Crippen LogP contribution in [0.4, 0.5) is 26.3 Å². The summed E-state index contributed by atoms with van der Waals surface area (Å²) in [5.74, 6) is -5.51. The molecule has 33 heavy (non-hydrogen) atoms. The molecule has 1 aliphatic rings. The number of morpholine rings is 1. The summed E-state index contributed by atoms with van der Waals surface area (Å²) in [6.45, 7) is 5.45. The van der Waals surface area contributed by atoms with Crippen molar-refractivity contribution in [3.63, 3.8) is 0 Å². The van der Waals surface area contributed by atoms with E-state index >= 15 is 0 Å². The number of hydrogen-bond acceptors (Lipinski definition) is 7. The van der Waals surface area contributed by atoms with Crippen molar-refractivity contribution in [1.82, 2.24) is 14.9 Å². The predicted molar refractivity (Wildman–Crippen MR) is 102 cm³/mol. The number of aryl methyl sites for hydroxylation is 1. The number of carboxylic acids is 2. The quantitative estimate of drug-likeness (QED) is 0.610. The number of ether oxygens (including phenoxy) is 1. The monoisotopic (exact) mass is 503 g/mol. The number of rotatable bonds is 3. The third-order valence-electron chi connectivity index (χ3n) is 3.84. The van der Waals surface area contributed by atoms with Crippen LogP contribution in [0.5, 0.6) is 0 Å². The van der Waals surface area contributed by atoms with Crippen LogP contribution in [0.15, 0.2) is 29.9 Å². The van der Waals surface area contributed by atoms with Crippen LogP contribution in [0.25, 0.3) is 0 Å². The second kappa shape index (κ2) is 12.5. The fourth-order valence-electron chi connectivity index (χ4n) is 2.36. The van der Waals surface area contributed by atoms with Gasteiger partial charge in [0.15, 0.2) is 0 Å². The lowest BCUT2D eigenvalue weighted by Gasteiger charge is -2.34. The molecule has 184 valence electrons. The Balaban J connectivity index is 0.000000324. The van der Waals surface area contributed by atoms with Crippen LogP contribution < -0.4 is 0 Å². The lowest BCUT2D eigenvalue weighted by Crippen LogP contribution is -2.39. The first-order valence-electron chi connectivity index (χ1n) is 8.94. The molecule has 0 spiro atoms. The van der Waals surface area contributed by atoms with Crippen molar-refractivity contribution in [2.45, 2.75) is 31.9 Å². The maximum Gasteiger partial charge on any atom is 0.490 e. The van der Waals surface area contributed by atoms with E-state index in [4.69, 9.17) is 24.5 Å². The number of carboxylic acid groups (broad SMARTS) is 2. The second-order valence-electron chi connectivity index (χ2n) is 6.31. The Hall–Kier alpha value is -2.78. The van der Waals surface area contributed by atoms with Crippen molar-refractivity contribution in [2.24, 2.45) is 0 Å². The number of aliphatic carboxylic acids is 2. The normalized spacial score (nSPS) is 16.6. The minimum Gasteiger partial charge on any atom is -0.475 e. The van der Waals surface area contributed by atoms with Gasteiger partial charge >= 0.3 is 24.3 Å². The van der Waals surface area contributed by atoms with Crippen molar-refractivity contribution >= 4 is 23.3 Å². The Bertz CT molecular complexity index is 868. The molecule has 0 aliphatic carbocycles. The van der Waals surface area contributed by atoms with Crippen LogP contribution in [0.1, 0.15) is 22.3 Å². The number of aromatic nitrogens is 2. The van der Waals surface area contributed by atoms with Gasteiger partial charge in [-0.25, -0.2) is 14.6 Å². The average molecular weight is 503 g/mol. The molecular formula is C18H19F6N3O5S. The van der Waals surface area contributed by atoms with Crippen molar-refractivity contribution in [3.8, 4) is 0 Å². The van der Waals surface area contributed by atoms with Gasteiger partial charge in [-0.1, -0.05) is 0 Å². The zero-order valence-corrected chi connectivity index (χ0v) is 17.7. The molecule has 2 aromatic rings. The molecule has 2 N–H and O–H groups in total. The summed E-state index contributed by atoms with van der Waals surface area (Å²) in [5.41, 5.74) is 2.42. The Morgan fingerprint density at radius 2 is 1.64 bits per heavy atom. The number of halogens is 6. The van der Waals surface area contributed by atoms with E-state index in [0.717, 1.165) is 37.0 Å². The molecule has 2 aromatic heterocycles. The van der Waals surface area contributed by atoms with Crippen LogP contribution in [-0.4, -0.2) is 69.1 Å². The third kappa shape index (κ3) is 10.6. The SMILES string of the molecule is Cc1nc(C2COCCN2Cc2ccncc2)cs1.O=C(O)C(F)(F)F.O=C(O)C(F)(F)F. The smallest absolute Gasteiger partial charge is 0.475 e. The van der Waals surface area contributed by atoms with Gasteiger partial charge in [-0.15, -0.1) is 11.3 Å². The van der Waals surface area contributed by atoms with Crippen molar-refractivity contribution in [3.05, 3.63) is 46.2 Å². The lowest BCUT2D eigenvalue weighted by atomic mass is 10.1. The molecule has 3 rings (SSSR count). The highest BCUT2D eigenvalue weighted by Gasteiger charge is 2.38. The molecule has 15 heteroatoms. The molecule has 8 nitrogen and oxygen atoms in total. The minimum atomic E-state index is -5.08. The van der Waals surface area contributed by atoms with Gasteiger partial charge in [0.2, 0.25) is 0 Å². The number of thiazole rings is 1. The zero-order valence-electron chi connectivity index (χ0n) is 16.9. The van der Waals surface area contributed by atoms with Gasteiger partial charge in [0.1, 0.15) is 0 Å². The molecule has 0 radical (unpaired) electrons. The topological polar surface area (TPSA) is 113 Å². The molecule has 1 fully saturated rings. The molecule has 0 aromatic carbocycles. The Morgan fingerprint density at radius 3 is 2.06 bits per heavy atom. The summed E-state index contributed by atoms with van der Waals surface area (Å²) in [6.07, 6.45) is -6.48. The Labute approximate surface area is 187 Å². The first kappa shape index (κ1) is 28.3. The largest absolute Gasteiger partial charge is 0.490 e. The van der Waals surface area contributed by atoms with Crippen molar-refractivity contribution in [1.29, 1.82) is 0 Å². The molecule has 1 saturated heterocycles. The number of alkyl halides is 6. The molecular weight excluding hydrogens is 484 g/mol. The molecule has 1 unspecified atom stereocenters. The molecule has 0 amide bonds. The van der Waals surface area contributed by atoms with Gasteiger partial charge in [-0.2, -0.15) is 26.3 Å². The Morgan fingerprint density at radius 1 is 1.12 bits per heavy atom. The van der Waals surface area contributed by atoms with E-state index < -0.39 is 24.3 Å². The first-order valence-corrected chi connectivity index (χ1v) is 9.82. The van der Waals surface area contributed by atoms with Gasteiger partial charge in [-0.05, 0) is 24.6 Å². The van der Waals surface area contributed by atoms with E-state index in [1.54, 1.807) is 11.3 Å². The van der Waals surface area contributed by atoms with Crippen LogP contribution in [0.2, 0.25) is 0 Å². The zero-order chi connectivity index (χ0) is 25.2. The summed E-state index contributed by atoms with van der Waals surface area (Å²) in [5, 5.41) is 17.5. The molecule has 1 aliphatic heterocycles. The van der Waals surface area contributed by atoms with Crippen molar-refractivity contribution in [2.75, 3.05) is 19.8 Å². The third-order valence-corrected chi connectivity index (χ3v) is 4.63. The van der Waals surface area contributed by atoms with Gasteiger partial charge < -0.3 is 14.9 Å². The van der Waals surface area contributed by atoms with Crippen LogP contribution in [0, 0.1) is 6.92 Å². The molecule has 0 saturated carbocycles. The Kier molecular flexibility index (Phi) is 10.7.